The molecule has 0 fully saturated rings. The molecule has 1 heterocycles. The molecule has 106 valence electrons. The van der Waals surface area contributed by atoms with E-state index in [0.717, 1.165) is 5.56 Å². The van der Waals surface area contributed by atoms with E-state index in [1.54, 1.807) is 12.4 Å². The van der Waals surface area contributed by atoms with Crippen molar-refractivity contribution in [2.45, 2.75) is 6.54 Å². The van der Waals surface area contributed by atoms with E-state index in [-0.39, 0.29) is 5.82 Å². The van der Waals surface area contributed by atoms with Crippen molar-refractivity contribution in [1.29, 1.82) is 0 Å². The Kier molecular flexibility index (Phi) is 3.75. The molecule has 0 atom stereocenters. The minimum absolute atomic E-state index is 0.323. The van der Waals surface area contributed by atoms with E-state index in [1.165, 1.54) is 12.1 Å². The number of imidazole rings is 1. The van der Waals surface area contributed by atoms with Crippen LogP contribution in [-0.2, 0) is 6.54 Å². The molecule has 0 spiro atoms. The van der Waals surface area contributed by atoms with Gasteiger partial charge in [0.25, 0.3) is 0 Å². The molecule has 0 radical (unpaired) electrons. The zero-order chi connectivity index (χ0) is 14.8. The van der Waals surface area contributed by atoms with Crippen LogP contribution in [0.1, 0.15) is 5.56 Å². The highest BCUT2D eigenvalue weighted by molar-refractivity contribution is 9.10. The lowest BCUT2D eigenvalue weighted by Crippen LogP contribution is -2.03. The summed E-state index contributed by atoms with van der Waals surface area (Å²) in [5, 5.41) is 0. The molecule has 0 unspecified atom stereocenters. The van der Waals surface area contributed by atoms with Gasteiger partial charge in [0.15, 0.2) is 0 Å². The predicted molar refractivity (Wildman–Crippen MR) is 85.3 cm³/mol. The lowest BCUT2D eigenvalue weighted by molar-refractivity contribution is 0.627. The molecule has 0 saturated heterocycles. The predicted octanol–water partition coefficient (Wildman–Crippen LogP) is 4.08. The number of hydrogen-bond donors (Lipinski definition) is 1. The van der Waals surface area contributed by atoms with Crippen molar-refractivity contribution in [3.8, 4) is 11.3 Å². The molecular weight excluding hydrogens is 333 g/mol. The third kappa shape index (κ3) is 2.97. The number of anilines is 1. The van der Waals surface area contributed by atoms with Crippen LogP contribution in [0, 0.1) is 5.82 Å². The van der Waals surface area contributed by atoms with Gasteiger partial charge in [-0.2, -0.15) is 0 Å². The molecule has 2 aromatic carbocycles. The highest BCUT2D eigenvalue weighted by Crippen LogP contribution is 2.28. The summed E-state index contributed by atoms with van der Waals surface area (Å²) in [6.45, 7) is 0.635. The smallest absolute Gasteiger partial charge is 0.131 e. The Balaban J connectivity index is 1.95. The quantitative estimate of drug-likeness (QED) is 0.777. The Morgan fingerprint density at radius 2 is 1.90 bits per heavy atom. The molecule has 2 N–H and O–H groups in total. The van der Waals surface area contributed by atoms with E-state index in [1.807, 2.05) is 34.9 Å². The van der Waals surface area contributed by atoms with Crippen molar-refractivity contribution in [3.63, 3.8) is 0 Å². The SMILES string of the molecule is Nc1c(-c2cc(F)cc(Br)c2)ncn1Cc1ccccc1. The second-order valence-electron chi connectivity index (χ2n) is 4.75. The maximum atomic E-state index is 13.5. The van der Waals surface area contributed by atoms with Crippen LogP contribution in [0.25, 0.3) is 11.3 Å². The Morgan fingerprint density at radius 1 is 1.14 bits per heavy atom. The Morgan fingerprint density at radius 3 is 2.62 bits per heavy atom. The lowest BCUT2D eigenvalue weighted by Gasteiger charge is -2.06. The Labute approximate surface area is 130 Å². The molecule has 21 heavy (non-hydrogen) atoms. The van der Waals surface area contributed by atoms with Crippen LogP contribution in [0.2, 0.25) is 0 Å². The fraction of sp³-hybridized carbons (Fsp3) is 0.0625. The van der Waals surface area contributed by atoms with Crippen molar-refractivity contribution in [3.05, 3.63) is 70.7 Å². The number of nitrogens with zero attached hydrogens (tertiary/aromatic N) is 2. The number of hydrogen-bond acceptors (Lipinski definition) is 2. The van der Waals surface area contributed by atoms with Gasteiger partial charge in [-0.05, 0) is 23.8 Å². The molecule has 0 bridgehead atoms. The van der Waals surface area contributed by atoms with Crippen molar-refractivity contribution in [2.24, 2.45) is 0 Å². The average molecular weight is 346 g/mol. The topological polar surface area (TPSA) is 43.8 Å². The standard InChI is InChI=1S/C16H13BrFN3/c17-13-6-12(7-14(18)8-13)15-16(19)21(10-20-15)9-11-4-2-1-3-5-11/h1-8,10H,9,19H2. The first-order valence-corrected chi connectivity index (χ1v) is 7.24. The summed E-state index contributed by atoms with van der Waals surface area (Å²) >= 11 is 3.28. The van der Waals surface area contributed by atoms with E-state index in [0.29, 0.717) is 28.1 Å². The summed E-state index contributed by atoms with van der Waals surface area (Å²) in [4.78, 5) is 4.31. The van der Waals surface area contributed by atoms with E-state index in [2.05, 4.69) is 20.9 Å². The van der Waals surface area contributed by atoms with E-state index in [4.69, 9.17) is 5.73 Å². The summed E-state index contributed by atoms with van der Waals surface area (Å²) in [5.41, 5.74) is 8.53. The Hall–Kier alpha value is -2.14. The number of rotatable bonds is 3. The maximum Gasteiger partial charge on any atom is 0.131 e. The number of nitrogen functional groups attached to an aromatic ring is 1. The van der Waals surface area contributed by atoms with Crippen molar-refractivity contribution in [1.82, 2.24) is 9.55 Å². The zero-order valence-corrected chi connectivity index (χ0v) is 12.7. The van der Waals surface area contributed by atoms with Gasteiger partial charge in [-0.25, -0.2) is 9.37 Å². The monoisotopic (exact) mass is 345 g/mol. The molecule has 0 aliphatic rings. The van der Waals surface area contributed by atoms with Gasteiger partial charge >= 0.3 is 0 Å². The molecule has 3 aromatic rings. The summed E-state index contributed by atoms with van der Waals surface area (Å²) in [6, 6.07) is 14.6. The number of benzene rings is 2. The molecule has 0 saturated carbocycles. The van der Waals surface area contributed by atoms with Gasteiger partial charge in [-0.1, -0.05) is 46.3 Å². The third-order valence-electron chi connectivity index (χ3n) is 3.21. The van der Waals surface area contributed by atoms with Crippen molar-refractivity contribution in [2.75, 3.05) is 5.73 Å². The summed E-state index contributed by atoms with van der Waals surface area (Å²) < 4.78 is 16.0. The van der Waals surface area contributed by atoms with Crippen LogP contribution in [-0.4, -0.2) is 9.55 Å². The lowest BCUT2D eigenvalue weighted by atomic mass is 10.1. The van der Waals surface area contributed by atoms with Crippen LogP contribution < -0.4 is 5.73 Å². The van der Waals surface area contributed by atoms with Crippen LogP contribution in [0.3, 0.4) is 0 Å². The number of nitrogens with two attached hydrogens (primary N) is 1. The highest BCUT2D eigenvalue weighted by atomic mass is 79.9. The van der Waals surface area contributed by atoms with Gasteiger partial charge in [-0.3, -0.25) is 0 Å². The third-order valence-corrected chi connectivity index (χ3v) is 3.67. The van der Waals surface area contributed by atoms with Gasteiger partial charge in [0.2, 0.25) is 0 Å². The molecule has 3 rings (SSSR count). The first-order chi connectivity index (χ1) is 10.1. The van der Waals surface area contributed by atoms with Crippen molar-refractivity contribution >= 4 is 21.7 Å². The Bertz CT molecular complexity index is 748. The summed E-state index contributed by atoms with van der Waals surface area (Å²) in [5.74, 6) is 0.202. The second kappa shape index (κ2) is 5.69. The molecule has 0 aliphatic carbocycles. The largest absolute Gasteiger partial charge is 0.383 e. The summed E-state index contributed by atoms with van der Waals surface area (Å²) in [6.07, 6.45) is 1.68. The molecule has 5 heteroatoms. The van der Waals surface area contributed by atoms with Gasteiger partial charge in [-0.15, -0.1) is 0 Å². The van der Waals surface area contributed by atoms with Gasteiger partial charge in [0.1, 0.15) is 17.3 Å². The van der Waals surface area contributed by atoms with Gasteiger partial charge < -0.3 is 10.3 Å². The second-order valence-corrected chi connectivity index (χ2v) is 5.67. The zero-order valence-electron chi connectivity index (χ0n) is 11.1. The molecular formula is C16H13BrFN3. The molecule has 3 nitrogen and oxygen atoms in total. The fourth-order valence-electron chi connectivity index (χ4n) is 2.21. The van der Waals surface area contributed by atoms with E-state index in [9.17, 15) is 4.39 Å². The molecule has 0 aliphatic heterocycles. The highest BCUT2D eigenvalue weighted by Gasteiger charge is 2.11. The van der Waals surface area contributed by atoms with Crippen LogP contribution in [0.15, 0.2) is 59.3 Å². The van der Waals surface area contributed by atoms with Crippen LogP contribution in [0.4, 0.5) is 10.2 Å². The van der Waals surface area contributed by atoms with Crippen LogP contribution >= 0.6 is 15.9 Å². The van der Waals surface area contributed by atoms with Gasteiger partial charge in [0, 0.05) is 10.0 Å². The fourth-order valence-corrected chi connectivity index (χ4v) is 2.68. The minimum atomic E-state index is -0.323. The number of aromatic nitrogens is 2. The molecule has 1 aromatic heterocycles. The van der Waals surface area contributed by atoms with E-state index < -0.39 is 0 Å². The number of halogens is 2. The summed E-state index contributed by atoms with van der Waals surface area (Å²) in [7, 11) is 0. The minimum Gasteiger partial charge on any atom is -0.383 e. The first kappa shape index (κ1) is 13.8. The van der Waals surface area contributed by atoms with Crippen molar-refractivity contribution < 1.29 is 4.39 Å². The normalized spacial score (nSPS) is 10.8. The average Bonchev–Trinajstić information content (AvgIpc) is 2.80. The first-order valence-electron chi connectivity index (χ1n) is 6.44. The van der Waals surface area contributed by atoms with Gasteiger partial charge in [0.05, 0.1) is 12.9 Å². The molecule has 0 amide bonds. The van der Waals surface area contributed by atoms with Crippen LogP contribution in [0.5, 0.6) is 0 Å². The maximum absolute atomic E-state index is 13.5. The van der Waals surface area contributed by atoms with E-state index >= 15 is 0 Å².